The van der Waals surface area contributed by atoms with Crippen molar-refractivity contribution >= 4 is 38.6 Å². The molecule has 0 saturated heterocycles. The van der Waals surface area contributed by atoms with Gasteiger partial charge in [0.15, 0.2) is 0 Å². The van der Waals surface area contributed by atoms with Gasteiger partial charge in [0.2, 0.25) is 0 Å². The number of fused-ring (bicyclic) bond motifs is 1. The molecule has 1 heterocycles. The quantitative estimate of drug-likeness (QED) is 0.689. The number of H-pyrrole nitrogens is 1. The van der Waals surface area contributed by atoms with Crippen molar-refractivity contribution in [3.63, 3.8) is 0 Å². The summed E-state index contributed by atoms with van der Waals surface area (Å²) < 4.78 is 1.10. The molecule has 108 valence electrons. The first-order valence-electron chi connectivity index (χ1n) is 6.91. The lowest BCUT2D eigenvalue weighted by Crippen LogP contribution is -2.18. The van der Waals surface area contributed by atoms with E-state index in [-0.39, 0.29) is 6.04 Å². The molecule has 0 amide bonds. The smallest absolute Gasteiger partial charge is 0.0780 e. The average Bonchev–Trinajstić information content (AvgIpc) is 2.83. The monoisotopic (exact) mass is 360 g/mol. The van der Waals surface area contributed by atoms with Crippen LogP contribution < -0.4 is 5.73 Å². The largest absolute Gasteiger partial charge is 0.349 e. The van der Waals surface area contributed by atoms with E-state index in [1.54, 1.807) is 11.8 Å². The number of hydrogen-bond donors (Lipinski definition) is 2. The number of nitrogens with one attached hydrogen (secondary N) is 1. The highest BCUT2D eigenvalue weighted by Gasteiger charge is 2.09. The van der Waals surface area contributed by atoms with Crippen LogP contribution in [0.3, 0.4) is 0 Å². The normalized spacial score (nSPS) is 12.7. The SMILES string of the molecule is CC(N)Cc1cc(Br)ccc1Sc1cc2ccccc2[nH]1. The van der Waals surface area contributed by atoms with Gasteiger partial charge < -0.3 is 10.7 Å². The van der Waals surface area contributed by atoms with Crippen molar-refractivity contribution in [3.05, 3.63) is 58.6 Å². The van der Waals surface area contributed by atoms with E-state index >= 15 is 0 Å². The van der Waals surface area contributed by atoms with Gasteiger partial charge in [-0.15, -0.1) is 0 Å². The van der Waals surface area contributed by atoms with Crippen LogP contribution in [0.1, 0.15) is 12.5 Å². The number of halogens is 1. The second-order valence-electron chi connectivity index (χ2n) is 5.26. The second-order valence-corrected chi connectivity index (χ2v) is 7.26. The molecule has 0 radical (unpaired) electrons. The lowest BCUT2D eigenvalue weighted by Gasteiger charge is -2.11. The van der Waals surface area contributed by atoms with Crippen LogP contribution in [0, 0.1) is 0 Å². The Labute approximate surface area is 137 Å². The van der Waals surface area contributed by atoms with Crippen LogP contribution in [0.2, 0.25) is 0 Å². The minimum absolute atomic E-state index is 0.154. The van der Waals surface area contributed by atoms with E-state index in [0.29, 0.717) is 0 Å². The van der Waals surface area contributed by atoms with Gasteiger partial charge in [0.1, 0.15) is 0 Å². The highest BCUT2D eigenvalue weighted by atomic mass is 79.9. The number of hydrogen-bond acceptors (Lipinski definition) is 2. The summed E-state index contributed by atoms with van der Waals surface area (Å²) in [5, 5.41) is 2.40. The van der Waals surface area contributed by atoms with Crippen molar-refractivity contribution in [2.75, 3.05) is 0 Å². The van der Waals surface area contributed by atoms with Gasteiger partial charge in [-0.25, -0.2) is 0 Å². The first-order chi connectivity index (χ1) is 10.1. The Bertz CT molecular complexity index is 731. The van der Waals surface area contributed by atoms with Crippen LogP contribution in [-0.4, -0.2) is 11.0 Å². The van der Waals surface area contributed by atoms with Gasteiger partial charge in [0.05, 0.1) is 5.03 Å². The van der Waals surface area contributed by atoms with E-state index in [1.165, 1.54) is 21.4 Å². The molecular weight excluding hydrogens is 344 g/mol. The molecule has 0 aliphatic rings. The topological polar surface area (TPSA) is 41.8 Å². The van der Waals surface area contributed by atoms with Crippen LogP contribution >= 0.6 is 27.7 Å². The molecular formula is C17H17BrN2S. The summed E-state index contributed by atoms with van der Waals surface area (Å²) in [7, 11) is 0. The van der Waals surface area contributed by atoms with Crippen molar-refractivity contribution in [2.24, 2.45) is 5.73 Å². The van der Waals surface area contributed by atoms with Gasteiger partial charge >= 0.3 is 0 Å². The summed E-state index contributed by atoms with van der Waals surface area (Å²) in [4.78, 5) is 4.71. The van der Waals surface area contributed by atoms with Gasteiger partial charge in [-0.2, -0.15) is 0 Å². The van der Waals surface area contributed by atoms with Crippen LogP contribution in [0.4, 0.5) is 0 Å². The fourth-order valence-electron chi connectivity index (χ4n) is 2.37. The maximum Gasteiger partial charge on any atom is 0.0780 e. The van der Waals surface area contributed by atoms with Crippen molar-refractivity contribution in [3.8, 4) is 0 Å². The Hall–Kier alpha value is -1.23. The summed E-state index contributed by atoms with van der Waals surface area (Å²) in [5.74, 6) is 0. The van der Waals surface area contributed by atoms with Crippen LogP contribution in [0.25, 0.3) is 10.9 Å². The summed E-state index contributed by atoms with van der Waals surface area (Å²) in [6.07, 6.45) is 0.877. The standard InChI is InChI=1S/C17H17BrN2S/c1-11(19)8-13-9-14(18)6-7-16(13)21-17-10-12-4-2-3-5-15(12)20-17/h2-7,9-11,20H,8,19H2,1H3. The van der Waals surface area contributed by atoms with Gasteiger partial charge in [0, 0.05) is 26.3 Å². The molecule has 2 nitrogen and oxygen atoms in total. The van der Waals surface area contributed by atoms with Gasteiger partial charge in [-0.1, -0.05) is 45.9 Å². The van der Waals surface area contributed by atoms with Crippen molar-refractivity contribution < 1.29 is 0 Å². The van der Waals surface area contributed by atoms with E-state index in [1.807, 2.05) is 6.92 Å². The van der Waals surface area contributed by atoms with E-state index in [9.17, 15) is 0 Å². The summed E-state index contributed by atoms with van der Waals surface area (Å²) in [6.45, 7) is 2.04. The summed E-state index contributed by atoms with van der Waals surface area (Å²) in [5.41, 5.74) is 8.42. The van der Waals surface area contributed by atoms with Crippen LogP contribution in [0.5, 0.6) is 0 Å². The maximum atomic E-state index is 5.97. The van der Waals surface area contributed by atoms with E-state index in [0.717, 1.165) is 15.9 Å². The van der Waals surface area contributed by atoms with E-state index < -0.39 is 0 Å². The molecule has 3 N–H and O–H groups in total. The average molecular weight is 361 g/mol. The van der Waals surface area contributed by atoms with Crippen molar-refractivity contribution in [1.82, 2.24) is 4.98 Å². The molecule has 1 atom stereocenters. The van der Waals surface area contributed by atoms with Crippen molar-refractivity contribution in [1.29, 1.82) is 0 Å². The Morgan fingerprint density at radius 1 is 1.19 bits per heavy atom. The Morgan fingerprint density at radius 2 is 2.00 bits per heavy atom. The molecule has 0 fully saturated rings. The lowest BCUT2D eigenvalue weighted by atomic mass is 10.1. The third-order valence-corrected chi connectivity index (χ3v) is 4.84. The van der Waals surface area contributed by atoms with Gasteiger partial charge in [0.25, 0.3) is 0 Å². The molecule has 3 aromatic rings. The number of nitrogens with two attached hydrogens (primary N) is 1. The van der Waals surface area contributed by atoms with Crippen molar-refractivity contribution in [2.45, 2.75) is 29.3 Å². The maximum absolute atomic E-state index is 5.97. The number of para-hydroxylation sites is 1. The molecule has 21 heavy (non-hydrogen) atoms. The number of rotatable bonds is 4. The first-order valence-corrected chi connectivity index (χ1v) is 8.52. The first kappa shape index (κ1) is 14.7. The molecule has 2 aromatic carbocycles. The molecule has 0 spiro atoms. The molecule has 0 bridgehead atoms. The molecule has 0 aliphatic heterocycles. The molecule has 0 aliphatic carbocycles. The lowest BCUT2D eigenvalue weighted by molar-refractivity contribution is 0.729. The highest BCUT2D eigenvalue weighted by molar-refractivity contribution is 9.10. The second kappa shape index (κ2) is 6.26. The summed E-state index contributed by atoms with van der Waals surface area (Å²) >= 11 is 5.30. The summed E-state index contributed by atoms with van der Waals surface area (Å²) in [6, 6.07) is 17.1. The van der Waals surface area contributed by atoms with Gasteiger partial charge in [-0.05, 0) is 49.2 Å². The Balaban J connectivity index is 1.93. The van der Waals surface area contributed by atoms with E-state index in [4.69, 9.17) is 5.73 Å². The van der Waals surface area contributed by atoms with Gasteiger partial charge in [-0.3, -0.25) is 0 Å². The zero-order chi connectivity index (χ0) is 14.8. The molecule has 4 heteroatoms. The fourth-order valence-corrected chi connectivity index (χ4v) is 3.78. The molecule has 0 saturated carbocycles. The number of benzene rings is 2. The fraction of sp³-hybridized carbons (Fsp3) is 0.176. The minimum Gasteiger partial charge on any atom is -0.349 e. The highest BCUT2D eigenvalue weighted by Crippen LogP contribution is 2.33. The number of aromatic nitrogens is 1. The Kier molecular flexibility index (Phi) is 4.38. The number of aromatic amines is 1. The molecule has 1 unspecified atom stereocenters. The van der Waals surface area contributed by atoms with E-state index in [2.05, 4.69) is 69.4 Å². The molecule has 1 aromatic heterocycles. The third-order valence-electron chi connectivity index (χ3n) is 3.29. The zero-order valence-electron chi connectivity index (χ0n) is 11.8. The van der Waals surface area contributed by atoms with Crippen LogP contribution in [0.15, 0.2) is 62.9 Å². The third kappa shape index (κ3) is 3.51. The van der Waals surface area contributed by atoms with Crippen LogP contribution in [-0.2, 0) is 6.42 Å². The zero-order valence-corrected chi connectivity index (χ0v) is 14.2. The Morgan fingerprint density at radius 3 is 2.76 bits per heavy atom. The predicted molar refractivity (Wildman–Crippen MR) is 93.9 cm³/mol. The molecule has 3 rings (SSSR count). The predicted octanol–water partition coefficient (Wildman–Crippen LogP) is 4.97. The minimum atomic E-state index is 0.154.